The molecular weight excluding hydrogens is 341 g/mol. The summed E-state index contributed by atoms with van der Waals surface area (Å²) in [4.78, 5) is 19.2. The lowest BCUT2D eigenvalue weighted by Gasteiger charge is -2.30. The molecule has 138 valence electrons. The summed E-state index contributed by atoms with van der Waals surface area (Å²) in [6, 6.07) is 1.24. The minimum atomic E-state index is -4.67. The number of hydrogen-bond acceptors (Lipinski definition) is 5. The van der Waals surface area contributed by atoms with Gasteiger partial charge in [-0.15, -0.1) is 0 Å². The summed E-state index contributed by atoms with van der Waals surface area (Å²) in [5.74, 6) is -1.19. The highest BCUT2D eigenvalue weighted by Crippen LogP contribution is 2.28. The van der Waals surface area contributed by atoms with Crippen molar-refractivity contribution >= 4 is 18.0 Å². The van der Waals surface area contributed by atoms with Crippen LogP contribution in [0.1, 0.15) is 31.3 Å². The Morgan fingerprint density at radius 3 is 2.68 bits per heavy atom. The van der Waals surface area contributed by atoms with E-state index in [4.69, 9.17) is 9.84 Å². The van der Waals surface area contributed by atoms with Crippen LogP contribution in [0.3, 0.4) is 0 Å². The van der Waals surface area contributed by atoms with Gasteiger partial charge in [0, 0.05) is 25.2 Å². The Bertz CT molecular complexity index is 629. The van der Waals surface area contributed by atoms with E-state index in [9.17, 15) is 18.0 Å². The Kier molecular flexibility index (Phi) is 6.05. The Labute approximate surface area is 142 Å². The lowest BCUT2D eigenvalue weighted by atomic mass is 10.1. The minimum absolute atomic E-state index is 0.0484. The van der Waals surface area contributed by atoms with Gasteiger partial charge >= 0.3 is 12.3 Å². The third-order valence-corrected chi connectivity index (χ3v) is 3.62. The number of nitrogens with zero attached hydrogens (tertiary/aromatic N) is 3. The normalized spacial score (nSPS) is 16.2. The predicted octanol–water partition coefficient (Wildman–Crippen LogP) is 3.06. The fourth-order valence-corrected chi connectivity index (χ4v) is 2.39. The molecule has 10 heteroatoms. The van der Waals surface area contributed by atoms with Gasteiger partial charge in [-0.05, 0) is 25.8 Å². The van der Waals surface area contributed by atoms with Crippen LogP contribution < -0.4 is 5.32 Å². The third-order valence-electron chi connectivity index (χ3n) is 3.62. The molecule has 1 amide bonds. The topological polar surface area (TPSA) is 87.6 Å². The van der Waals surface area contributed by atoms with Gasteiger partial charge in [-0.3, -0.25) is 0 Å². The smallest absolute Gasteiger partial charge is 0.451 e. The Morgan fingerprint density at radius 2 is 2.12 bits per heavy atom. The summed E-state index contributed by atoms with van der Waals surface area (Å²) in [5.41, 5.74) is 0.0706. The van der Waals surface area contributed by atoms with Crippen molar-refractivity contribution in [1.29, 1.82) is 0 Å². The summed E-state index contributed by atoms with van der Waals surface area (Å²) < 4.78 is 43.9. The van der Waals surface area contributed by atoms with Crippen molar-refractivity contribution in [1.82, 2.24) is 14.9 Å². The predicted molar refractivity (Wildman–Crippen MR) is 83.9 cm³/mol. The van der Waals surface area contributed by atoms with Crippen LogP contribution >= 0.6 is 0 Å². The number of anilines is 1. The van der Waals surface area contributed by atoms with Crippen LogP contribution in [-0.2, 0) is 10.9 Å². The maximum atomic E-state index is 13.0. The first-order valence-corrected chi connectivity index (χ1v) is 7.78. The van der Waals surface area contributed by atoms with Crippen LogP contribution in [0.4, 0.5) is 23.8 Å². The number of ether oxygens (including phenoxy) is 1. The highest BCUT2D eigenvalue weighted by molar-refractivity contribution is 5.65. The maximum Gasteiger partial charge on any atom is 0.451 e. The van der Waals surface area contributed by atoms with Crippen molar-refractivity contribution < 1.29 is 27.8 Å². The van der Waals surface area contributed by atoms with E-state index in [0.29, 0.717) is 32.5 Å². The molecule has 2 heterocycles. The molecule has 1 aliphatic heterocycles. The average Bonchev–Trinajstić information content (AvgIpc) is 2.54. The van der Waals surface area contributed by atoms with Crippen LogP contribution in [0.25, 0.3) is 6.08 Å². The molecular formula is C15H19F3N4O3. The highest BCUT2D eigenvalue weighted by Gasteiger charge is 2.35. The van der Waals surface area contributed by atoms with Crippen molar-refractivity contribution in [3.05, 3.63) is 23.8 Å². The van der Waals surface area contributed by atoms with Crippen molar-refractivity contribution in [3.63, 3.8) is 0 Å². The molecule has 2 N–H and O–H groups in total. The number of alkyl halides is 3. The molecule has 1 fully saturated rings. The number of nitrogens with one attached hydrogen (secondary N) is 1. The number of piperidine rings is 1. The van der Waals surface area contributed by atoms with Gasteiger partial charge in [0.1, 0.15) is 5.82 Å². The molecule has 0 spiro atoms. The molecule has 25 heavy (non-hydrogen) atoms. The van der Waals surface area contributed by atoms with Gasteiger partial charge < -0.3 is 20.1 Å². The molecule has 1 aromatic heterocycles. The van der Waals surface area contributed by atoms with Gasteiger partial charge in [0.2, 0.25) is 5.82 Å². The molecule has 0 aliphatic carbocycles. The quantitative estimate of drug-likeness (QED) is 0.785. The number of aromatic nitrogens is 2. The van der Waals surface area contributed by atoms with Crippen molar-refractivity contribution in [2.75, 3.05) is 25.0 Å². The molecule has 1 saturated heterocycles. The van der Waals surface area contributed by atoms with Gasteiger partial charge in [-0.25, -0.2) is 14.8 Å². The van der Waals surface area contributed by atoms with Crippen LogP contribution in [0.15, 0.2) is 12.3 Å². The average molecular weight is 360 g/mol. The van der Waals surface area contributed by atoms with Crippen LogP contribution in [0.2, 0.25) is 0 Å². The van der Waals surface area contributed by atoms with Crippen LogP contribution in [0, 0.1) is 0 Å². The van der Waals surface area contributed by atoms with E-state index >= 15 is 0 Å². The van der Waals surface area contributed by atoms with E-state index < -0.39 is 18.1 Å². The summed E-state index contributed by atoms with van der Waals surface area (Å²) in [7, 11) is 0. The maximum absolute atomic E-state index is 13.0. The van der Waals surface area contributed by atoms with E-state index in [1.807, 2.05) is 0 Å². The van der Waals surface area contributed by atoms with Crippen molar-refractivity contribution in [2.45, 2.75) is 32.0 Å². The lowest BCUT2D eigenvalue weighted by Crippen LogP contribution is -2.41. The molecule has 7 nitrogen and oxygen atoms in total. The second-order valence-corrected chi connectivity index (χ2v) is 5.45. The number of carbonyl (C=O) groups is 1. The van der Waals surface area contributed by atoms with Crippen molar-refractivity contribution in [2.24, 2.45) is 0 Å². The van der Waals surface area contributed by atoms with E-state index in [1.165, 1.54) is 23.3 Å². The Hall–Kier alpha value is -2.52. The van der Waals surface area contributed by atoms with Gasteiger partial charge in [0.15, 0.2) is 0 Å². The van der Waals surface area contributed by atoms with E-state index in [-0.39, 0.29) is 17.6 Å². The number of hydrogen-bond donors (Lipinski definition) is 2. The molecule has 0 atom stereocenters. The molecule has 0 bridgehead atoms. The number of halogens is 3. The zero-order chi connectivity index (χ0) is 18.4. The Balaban J connectivity index is 2.13. The first-order valence-electron chi connectivity index (χ1n) is 7.78. The number of likely N-dealkylation sites (tertiary alicyclic amines) is 1. The van der Waals surface area contributed by atoms with Gasteiger partial charge in [-0.1, -0.05) is 0 Å². The summed E-state index contributed by atoms with van der Waals surface area (Å²) in [6.07, 6.45) is -2.08. The molecule has 2 rings (SSSR count). The summed E-state index contributed by atoms with van der Waals surface area (Å²) in [6.45, 7) is 2.78. The Morgan fingerprint density at radius 1 is 1.44 bits per heavy atom. The molecule has 0 aromatic carbocycles. The van der Waals surface area contributed by atoms with Crippen LogP contribution in [0.5, 0.6) is 0 Å². The molecule has 0 radical (unpaired) electrons. The number of amides is 1. The van der Waals surface area contributed by atoms with E-state index in [2.05, 4.69) is 15.3 Å². The molecule has 0 saturated carbocycles. The van der Waals surface area contributed by atoms with E-state index in [0.717, 1.165) is 0 Å². The number of rotatable bonds is 5. The lowest BCUT2D eigenvalue weighted by molar-refractivity contribution is -0.144. The minimum Gasteiger partial charge on any atom is -0.501 e. The molecule has 1 aliphatic rings. The fraction of sp³-hybridized carbons (Fsp3) is 0.533. The monoisotopic (exact) mass is 360 g/mol. The second kappa shape index (κ2) is 8.04. The number of carboxylic acid groups (broad SMARTS) is 1. The summed E-state index contributed by atoms with van der Waals surface area (Å²) in [5, 5.41) is 11.9. The first-order chi connectivity index (χ1) is 11.8. The fourth-order valence-electron chi connectivity index (χ4n) is 2.39. The van der Waals surface area contributed by atoms with E-state index in [1.54, 1.807) is 6.92 Å². The third kappa shape index (κ3) is 5.50. The van der Waals surface area contributed by atoms with Gasteiger partial charge in [-0.2, -0.15) is 13.2 Å². The second-order valence-electron chi connectivity index (χ2n) is 5.45. The SMILES string of the molecule is CCO/C=C\c1cc(NC2CCN(C(=O)O)CC2)nc(C(F)(F)F)n1. The zero-order valence-corrected chi connectivity index (χ0v) is 13.6. The standard InChI is InChI=1S/C15H19F3N4O3/c1-2-25-8-5-11-9-12(21-13(20-11)15(16,17)18)19-10-3-6-22(7-4-10)14(23)24/h5,8-10H,2-4,6-7H2,1H3,(H,23,24)(H,19,20,21)/b8-5-. The van der Waals surface area contributed by atoms with Gasteiger partial charge in [0.05, 0.1) is 18.6 Å². The zero-order valence-electron chi connectivity index (χ0n) is 13.6. The van der Waals surface area contributed by atoms with Gasteiger partial charge in [0.25, 0.3) is 0 Å². The highest BCUT2D eigenvalue weighted by atomic mass is 19.4. The largest absolute Gasteiger partial charge is 0.501 e. The molecule has 0 unspecified atom stereocenters. The van der Waals surface area contributed by atoms with Crippen LogP contribution in [-0.4, -0.2) is 51.8 Å². The van der Waals surface area contributed by atoms with Crippen molar-refractivity contribution in [3.8, 4) is 0 Å². The summed E-state index contributed by atoms with van der Waals surface area (Å²) >= 11 is 0. The molecule has 1 aromatic rings. The first kappa shape index (κ1) is 18.8.